The van der Waals surface area contributed by atoms with Gasteiger partial charge in [-0.15, -0.1) is 0 Å². The van der Waals surface area contributed by atoms with E-state index in [-0.39, 0.29) is 5.96 Å². The molecule has 1 aromatic carbocycles. The summed E-state index contributed by atoms with van der Waals surface area (Å²) in [6.07, 6.45) is 0.495. The van der Waals surface area contributed by atoms with E-state index in [1.165, 1.54) is 7.11 Å². The molecule has 1 aliphatic rings. The van der Waals surface area contributed by atoms with Crippen molar-refractivity contribution in [2.75, 3.05) is 7.11 Å². The third-order valence-electron chi connectivity index (χ3n) is 2.60. The van der Waals surface area contributed by atoms with E-state index in [0.29, 0.717) is 17.7 Å². The van der Waals surface area contributed by atoms with Crippen LogP contribution in [0.5, 0.6) is 0 Å². The molecule has 2 rings (SSSR count). The molecule has 1 aromatic rings. The first-order valence-corrected chi connectivity index (χ1v) is 5.13. The number of hydrogen-bond acceptors (Lipinski definition) is 3. The molecule has 0 bridgehead atoms. The number of fused-ring (bicyclic) bond motifs is 1. The topological polar surface area (TPSA) is 90.7 Å². The van der Waals surface area contributed by atoms with Crippen LogP contribution in [0.4, 0.5) is 0 Å². The van der Waals surface area contributed by atoms with Crippen molar-refractivity contribution in [1.29, 1.82) is 0 Å². The van der Waals surface area contributed by atoms with Crippen LogP contribution in [0, 0.1) is 0 Å². The van der Waals surface area contributed by atoms with Gasteiger partial charge in [0.15, 0.2) is 5.96 Å². The highest BCUT2D eigenvalue weighted by molar-refractivity contribution is 6.02. The third kappa shape index (κ3) is 1.99. The largest absolute Gasteiger partial charge is 0.466 e. The zero-order valence-corrected chi connectivity index (χ0v) is 9.43. The van der Waals surface area contributed by atoms with Crippen LogP contribution in [0.15, 0.2) is 34.8 Å². The number of nitrogens with two attached hydrogens (primary N) is 2. The summed E-state index contributed by atoms with van der Waals surface area (Å²) in [5.41, 5.74) is 13.6. The number of guanidine groups is 1. The number of rotatable bonds is 2. The number of esters is 1. The predicted molar refractivity (Wildman–Crippen MR) is 64.9 cm³/mol. The highest BCUT2D eigenvalue weighted by atomic mass is 16.5. The Morgan fingerprint density at radius 2 is 2.06 bits per heavy atom. The van der Waals surface area contributed by atoms with Crippen molar-refractivity contribution in [2.45, 2.75) is 6.42 Å². The van der Waals surface area contributed by atoms with Gasteiger partial charge in [0.25, 0.3) is 0 Å². The van der Waals surface area contributed by atoms with Gasteiger partial charge in [-0.25, -0.2) is 9.79 Å². The molecule has 0 saturated carbocycles. The summed E-state index contributed by atoms with van der Waals surface area (Å²) in [4.78, 5) is 15.7. The standard InChI is InChI=1S/C12H13N3O2/c1-17-11(16)9-6-7-4-2-3-5-8(7)10(9)15-12(13)14/h2-5H,6H2,1H3,(H4,13,14,15). The molecule has 0 aliphatic heterocycles. The number of hydrogen-bond donors (Lipinski definition) is 2. The Morgan fingerprint density at radius 3 is 2.71 bits per heavy atom. The molecule has 17 heavy (non-hydrogen) atoms. The van der Waals surface area contributed by atoms with Crippen LogP contribution in [0.2, 0.25) is 0 Å². The van der Waals surface area contributed by atoms with Crippen LogP contribution < -0.4 is 11.5 Å². The van der Waals surface area contributed by atoms with Gasteiger partial charge in [-0.2, -0.15) is 0 Å². The second-order valence-corrected chi connectivity index (χ2v) is 3.69. The second kappa shape index (κ2) is 4.29. The molecular formula is C12H13N3O2. The normalized spacial score (nSPS) is 13.2. The first-order valence-electron chi connectivity index (χ1n) is 5.13. The lowest BCUT2D eigenvalue weighted by Gasteiger charge is -2.02. The minimum atomic E-state index is -0.402. The summed E-state index contributed by atoms with van der Waals surface area (Å²) in [6.45, 7) is 0. The van der Waals surface area contributed by atoms with Crippen molar-refractivity contribution in [3.63, 3.8) is 0 Å². The predicted octanol–water partition coefficient (Wildman–Crippen LogP) is 0.400. The number of aliphatic imine (C=N–C) groups is 1. The molecule has 4 N–H and O–H groups in total. The summed E-state index contributed by atoms with van der Waals surface area (Å²) in [5, 5.41) is 0. The zero-order valence-electron chi connectivity index (χ0n) is 9.43. The molecule has 5 nitrogen and oxygen atoms in total. The van der Waals surface area contributed by atoms with E-state index in [2.05, 4.69) is 4.99 Å². The third-order valence-corrected chi connectivity index (χ3v) is 2.60. The van der Waals surface area contributed by atoms with Crippen molar-refractivity contribution < 1.29 is 9.53 Å². The van der Waals surface area contributed by atoms with Gasteiger partial charge in [-0.1, -0.05) is 24.3 Å². The average Bonchev–Trinajstić information content (AvgIpc) is 2.67. The van der Waals surface area contributed by atoms with Crippen LogP contribution in [0.3, 0.4) is 0 Å². The maximum atomic E-state index is 11.6. The maximum absolute atomic E-state index is 11.6. The summed E-state index contributed by atoms with van der Waals surface area (Å²) < 4.78 is 4.73. The minimum absolute atomic E-state index is 0.0712. The Bertz CT molecular complexity index is 528. The molecule has 0 amide bonds. The van der Waals surface area contributed by atoms with E-state index in [4.69, 9.17) is 16.2 Å². The number of carbonyl (C=O) groups excluding carboxylic acids is 1. The van der Waals surface area contributed by atoms with E-state index in [0.717, 1.165) is 11.1 Å². The zero-order chi connectivity index (χ0) is 12.4. The van der Waals surface area contributed by atoms with E-state index >= 15 is 0 Å². The van der Waals surface area contributed by atoms with Crippen molar-refractivity contribution in [1.82, 2.24) is 0 Å². The monoisotopic (exact) mass is 231 g/mol. The summed E-state index contributed by atoms with van der Waals surface area (Å²) >= 11 is 0. The van der Waals surface area contributed by atoms with Gasteiger partial charge in [0, 0.05) is 12.0 Å². The highest BCUT2D eigenvalue weighted by Gasteiger charge is 2.26. The van der Waals surface area contributed by atoms with E-state index in [9.17, 15) is 4.79 Å². The molecule has 0 aromatic heterocycles. The van der Waals surface area contributed by atoms with Crippen molar-refractivity contribution in [3.05, 3.63) is 41.0 Å². The second-order valence-electron chi connectivity index (χ2n) is 3.69. The molecule has 1 aliphatic carbocycles. The van der Waals surface area contributed by atoms with Gasteiger partial charge in [-0.05, 0) is 5.56 Å². The van der Waals surface area contributed by atoms with Crippen molar-refractivity contribution in [3.8, 4) is 0 Å². The Kier molecular flexibility index (Phi) is 2.82. The lowest BCUT2D eigenvalue weighted by Crippen LogP contribution is -2.22. The lowest BCUT2D eigenvalue weighted by atomic mass is 10.1. The fourth-order valence-corrected chi connectivity index (χ4v) is 1.89. The minimum Gasteiger partial charge on any atom is -0.466 e. The van der Waals surface area contributed by atoms with Gasteiger partial charge in [-0.3, -0.25) is 0 Å². The molecule has 0 radical (unpaired) electrons. The Balaban J connectivity index is 2.55. The molecule has 88 valence electrons. The Morgan fingerprint density at radius 1 is 1.35 bits per heavy atom. The number of ether oxygens (including phenoxy) is 1. The quantitative estimate of drug-likeness (QED) is 0.438. The van der Waals surface area contributed by atoms with Gasteiger partial charge in [0.05, 0.1) is 18.4 Å². The fourth-order valence-electron chi connectivity index (χ4n) is 1.89. The Hall–Kier alpha value is -2.30. The highest BCUT2D eigenvalue weighted by Crippen LogP contribution is 2.33. The molecule has 0 saturated heterocycles. The van der Waals surface area contributed by atoms with E-state index in [1.54, 1.807) is 0 Å². The van der Waals surface area contributed by atoms with Gasteiger partial charge < -0.3 is 16.2 Å². The Labute approximate surface area is 98.8 Å². The molecular weight excluding hydrogens is 218 g/mol. The van der Waals surface area contributed by atoms with Crippen LogP contribution in [-0.4, -0.2) is 19.0 Å². The van der Waals surface area contributed by atoms with Crippen LogP contribution >= 0.6 is 0 Å². The summed E-state index contributed by atoms with van der Waals surface area (Å²) in [5.74, 6) is -0.473. The van der Waals surface area contributed by atoms with Crippen LogP contribution in [-0.2, 0) is 16.0 Å². The number of methoxy groups -OCH3 is 1. The number of nitrogens with zero attached hydrogens (tertiary/aromatic N) is 1. The molecule has 0 heterocycles. The molecule has 5 heteroatoms. The van der Waals surface area contributed by atoms with Gasteiger partial charge in [0.1, 0.15) is 0 Å². The van der Waals surface area contributed by atoms with Gasteiger partial charge in [0.2, 0.25) is 0 Å². The first-order chi connectivity index (χ1) is 8.13. The molecule has 0 atom stereocenters. The molecule has 0 unspecified atom stereocenters. The number of benzene rings is 1. The van der Waals surface area contributed by atoms with Crippen molar-refractivity contribution in [2.24, 2.45) is 16.5 Å². The average molecular weight is 231 g/mol. The summed E-state index contributed by atoms with van der Waals surface area (Å²) in [6, 6.07) is 7.61. The van der Waals surface area contributed by atoms with E-state index < -0.39 is 5.97 Å². The first kappa shape index (κ1) is 11.2. The van der Waals surface area contributed by atoms with Gasteiger partial charge >= 0.3 is 5.97 Å². The van der Waals surface area contributed by atoms with Crippen LogP contribution in [0.1, 0.15) is 11.1 Å². The smallest absolute Gasteiger partial charge is 0.336 e. The number of carbonyl (C=O) groups is 1. The fraction of sp³-hybridized carbons (Fsp3) is 0.167. The summed E-state index contributed by atoms with van der Waals surface area (Å²) in [7, 11) is 1.34. The molecule has 0 spiro atoms. The molecule has 0 fully saturated rings. The van der Waals surface area contributed by atoms with Crippen molar-refractivity contribution >= 4 is 17.6 Å². The van der Waals surface area contributed by atoms with E-state index in [1.807, 2.05) is 24.3 Å². The lowest BCUT2D eigenvalue weighted by molar-refractivity contribution is -0.136. The SMILES string of the molecule is COC(=O)C1=C(N=C(N)N)c2ccccc2C1. The maximum Gasteiger partial charge on any atom is 0.336 e. The van der Waals surface area contributed by atoms with Crippen LogP contribution in [0.25, 0.3) is 5.70 Å².